The average molecular weight is 413 g/mol. The highest BCUT2D eigenvalue weighted by Gasteiger charge is 2.23. The topological polar surface area (TPSA) is 94.3 Å². The molecule has 0 atom stereocenters. The third kappa shape index (κ3) is 3.97. The van der Waals surface area contributed by atoms with Crippen molar-refractivity contribution in [2.24, 2.45) is 0 Å². The van der Waals surface area contributed by atoms with Crippen LogP contribution in [0.5, 0.6) is 0 Å². The van der Waals surface area contributed by atoms with Gasteiger partial charge in [0, 0.05) is 36.9 Å². The first-order chi connectivity index (χ1) is 15.2. The minimum Gasteiger partial charge on any atom is -0.378 e. The molecular formula is C23H21N6O2. The molecule has 1 N–H and O–H groups in total. The summed E-state index contributed by atoms with van der Waals surface area (Å²) in [5, 5.41) is 7.22. The molecule has 31 heavy (non-hydrogen) atoms. The number of carbonyl (C=O) groups excluding carboxylic acids is 1. The van der Waals surface area contributed by atoms with E-state index in [1.54, 1.807) is 18.5 Å². The van der Waals surface area contributed by atoms with Crippen molar-refractivity contribution in [2.45, 2.75) is 6.92 Å². The number of morpholine rings is 1. The van der Waals surface area contributed by atoms with Gasteiger partial charge in [0.15, 0.2) is 0 Å². The highest BCUT2D eigenvalue weighted by Crippen LogP contribution is 2.30. The third-order valence-electron chi connectivity index (χ3n) is 5.23. The van der Waals surface area contributed by atoms with E-state index in [4.69, 9.17) is 9.72 Å². The van der Waals surface area contributed by atoms with Crippen molar-refractivity contribution in [3.8, 4) is 11.4 Å². The first kappa shape index (κ1) is 19.2. The summed E-state index contributed by atoms with van der Waals surface area (Å²) in [6, 6.07) is 9.93. The quantitative estimate of drug-likeness (QED) is 0.702. The summed E-state index contributed by atoms with van der Waals surface area (Å²) >= 11 is 0. The predicted octanol–water partition coefficient (Wildman–Crippen LogP) is 3.16. The van der Waals surface area contributed by atoms with Crippen LogP contribution in [-0.4, -0.2) is 47.2 Å². The smallest absolute Gasteiger partial charge is 0.281 e. The average Bonchev–Trinajstić information content (AvgIpc) is 2.80. The van der Waals surface area contributed by atoms with Gasteiger partial charge in [-0.1, -0.05) is 0 Å². The summed E-state index contributed by atoms with van der Waals surface area (Å²) < 4.78 is 5.42. The number of hydrogen-bond acceptors (Lipinski definition) is 7. The molecule has 5 rings (SSSR count). The zero-order valence-corrected chi connectivity index (χ0v) is 17.1. The van der Waals surface area contributed by atoms with E-state index in [1.807, 2.05) is 25.1 Å². The molecule has 8 heteroatoms. The largest absolute Gasteiger partial charge is 0.378 e. The number of carbonyl (C=O) groups is 1. The van der Waals surface area contributed by atoms with Crippen molar-refractivity contribution < 1.29 is 9.53 Å². The van der Waals surface area contributed by atoms with Crippen LogP contribution in [0.3, 0.4) is 0 Å². The molecule has 8 nitrogen and oxygen atoms in total. The molecule has 1 aromatic carbocycles. The monoisotopic (exact) mass is 413 g/mol. The van der Waals surface area contributed by atoms with Gasteiger partial charge in [-0.3, -0.25) is 9.78 Å². The van der Waals surface area contributed by atoms with Crippen LogP contribution in [0.4, 0.5) is 17.2 Å². The van der Waals surface area contributed by atoms with Crippen LogP contribution < -0.4 is 15.5 Å². The van der Waals surface area contributed by atoms with Gasteiger partial charge >= 0.3 is 0 Å². The van der Waals surface area contributed by atoms with Crippen LogP contribution >= 0.6 is 0 Å². The molecule has 2 aliphatic heterocycles. The summed E-state index contributed by atoms with van der Waals surface area (Å²) in [6.07, 6.45) is 6.68. The number of hydrogen-bond donors (Lipinski definition) is 1. The number of rotatable bonds is 4. The molecule has 1 saturated heterocycles. The molecule has 4 heterocycles. The minimum atomic E-state index is -0.320. The predicted molar refractivity (Wildman–Crippen MR) is 118 cm³/mol. The molecule has 2 aromatic heterocycles. The molecule has 1 fully saturated rings. The Morgan fingerprint density at radius 2 is 1.84 bits per heavy atom. The molecule has 0 bridgehead atoms. The van der Waals surface area contributed by atoms with Gasteiger partial charge in [-0.2, -0.15) is 0 Å². The summed E-state index contributed by atoms with van der Waals surface area (Å²) in [6.45, 7) is 5.12. The Hall–Kier alpha value is -3.78. The van der Waals surface area contributed by atoms with E-state index in [-0.39, 0.29) is 5.91 Å². The van der Waals surface area contributed by atoms with E-state index < -0.39 is 0 Å². The molecule has 1 amide bonds. The summed E-state index contributed by atoms with van der Waals surface area (Å²) in [5.74, 6) is 0.132. The second-order valence-corrected chi connectivity index (χ2v) is 7.39. The minimum absolute atomic E-state index is 0.320. The van der Waals surface area contributed by atoms with Gasteiger partial charge in [-0.05, 0) is 48.9 Å². The van der Waals surface area contributed by atoms with Crippen LogP contribution in [0.25, 0.3) is 17.5 Å². The maximum Gasteiger partial charge on any atom is 0.281 e. The number of amides is 1. The molecule has 155 valence electrons. The fraction of sp³-hybridized carbons (Fsp3) is 0.217. The summed E-state index contributed by atoms with van der Waals surface area (Å²) in [4.78, 5) is 28.2. The second-order valence-electron chi connectivity index (χ2n) is 7.39. The van der Waals surface area contributed by atoms with Crippen molar-refractivity contribution >= 4 is 29.2 Å². The van der Waals surface area contributed by atoms with Crippen molar-refractivity contribution in [3.63, 3.8) is 0 Å². The van der Waals surface area contributed by atoms with Gasteiger partial charge in [0.05, 0.1) is 36.4 Å². The standard InChI is InChI=1S/C23H21N6O2/c1-15-13-24-14-20(26-15)19-12-16-6-7-25-23(30)21(16)22(28-19)27-17-2-4-18(5-3-17)29-8-10-31-11-9-29/h2-7,12-14H,8-11H2,1H3,(H,27,28). The number of fused-ring (bicyclic) bond motifs is 1. The first-order valence-electron chi connectivity index (χ1n) is 10.1. The number of aryl methyl sites for hydroxylation is 1. The first-order valence-corrected chi connectivity index (χ1v) is 10.1. The zero-order chi connectivity index (χ0) is 21.2. The lowest BCUT2D eigenvalue weighted by Crippen LogP contribution is -2.36. The third-order valence-corrected chi connectivity index (χ3v) is 5.23. The molecule has 0 aliphatic carbocycles. The van der Waals surface area contributed by atoms with Crippen LogP contribution in [0.2, 0.25) is 0 Å². The number of nitrogens with one attached hydrogen (secondary N) is 1. The highest BCUT2D eigenvalue weighted by molar-refractivity contribution is 6.05. The Kier molecular flexibility index (Phi) is 5.05. The second kappa shape index (κ2) is 8.16. The van der Waals surface area contributed by atoms with E-state index in [9.17, 15) is 4.79 Å². The number of anilines is 3. The Morgan fingerprint density at radius 3 is 2.61 bits per heavy atom. The summed E-state index contributed by atoms with van der Waals surface area (Å²) in [7, 11) is 0. The SMILES string of the molecule is Cc1cncc(-c2cc3c(c(Nc4ccc(N5CCOCC5)cc4)n2)C(=O)[N]C=C3)n1. The van der Waals surface area contributed by atoms with Crippen LogP contribution in [0.15, 0.2) is 48.9 Å². The van der Waals surface area contributed by atoms with Crippen molar-refractivity contribution in [3.05, 3.63) is 65.7 Å². The van der Waals surface area contributed by atoms with E-state index >= 15 is 0 Å². The molecule has 2 aliphatic rings. The number of ether oxygens (including phenoxy) is 1. The van der Waals surface area contributed by atoms with E-state index in [2.05, 4.69) is 37.6 Å². The van der Waals surface area contributed by atoms with E-state index in [1.165, 1.54) is 6.20 Å². The van der Waals surface area contributed by atoms with Gasteiger partial charge in [0.1, 0.15) is 11.5 Å². The van der Waals surface area contributed by atoms with Crippen molar-refractivity contribution in [1.29, 1.82) is 0 Å². The highest BCUT2D eigenvalue weighted by atomic mass is 16.5. The summed E-state index contributed by atoms with van der Waals surface area (Å²) in [5.41, 5.74) is 5.26. The normalized spacial score (nSPS) is 15.4. The lowest BCUT2D eigenvalue weighted by molar-refractivity contribution is 0.0965. The van der Waals surface area contributed by atoms with Crippen LogP contribution in [-0.2, 0) is 4.74 Å². The number of aromatic nitrogens is 3. The molecule has 1 radical (unpaired) electrons. The Balaban J connectivity index is 1.49. The number of pyridine rings is 1. The Morgan fingerprint density at radius 1 is 1.03 bits per heavy atom. The molecule has 3 aromatic rings. The lowest BCUT2D eigenvalue weighted by atomic mass is 10.0. The zero-order valence-electron chi connectivity index (χ0n) is 17.1. The van der Waals surface area contributed by atoms with Gasteiger partial charge in [0.25, 0.3) is 5.91 Å². The molecule has 0 unspecified atom stereocenters. The van der Waals surface area contributed by atoms with Crippen molar-refractivity contribution in [2.75, 3.05) is 36.5 Å². The number of nitrogens with zero attached hydrogens (tertiary/aromatic N) is 5. The van der Waals surface area contributed by atoms with Gasteiger partial charge < -0.3 is 15.0 Å². The van der Waals surface area contributed by atoms with Gasteiger partial charge in [-0.25, -0.2) is 15.3 Å². The molecular weight excluding hydrogens is 392 g/mol. The maximum absolute atomic E-state index is 12.5. The molecule has 0 spiro atoms. The fourth-order valence-corrected chi connectivity index (χ4v) is 3.69. The van der Waals surface area contributed by atoms with Crippen LogP contribution in [0, 0.1) is 6.92 Å². The lowest BCUT2D eigenvalue weighted by Gasteiger charge is -2.29. The Bertz CT molecular complexity index is 1150. The van der Waals surface area contributed by atoms with E-state index in [0.717, 1.165) is 48.9 Å². The fourth-order valence-electron chi connectivity index (χ4n) is 3.69. The maximum atomic E-state index is 12.5. The van der Waals surface area contributed by atoms with Gasteiger partial charge in [-0.15, -0.1) is 0 Å². The van der Waals surface area contributed by atoms with Crippen LogP contribution in [0.1, 0.15) is 21.6 Å². The Labute approximate surface area is 180 Å². The molecule has 0 saturated carbocycles. The van der Waals surface area contributed by atoms with E-state index in [0.29, 0.717) is 22.8 Å². The number of benzene rings is 1. The van der Waals surface area contributed by atoms with Gasteiger partial charge in [0.2, 0.25) is 0 Å². The van der Waals surface area contributed by atoms with Crippen molar-refractivity contribution in [1.82, 2.24) is 20.3 Å².